The number of nitro groups is 1. The molecule has 0 heterocycles. The predicted octanol–water partition coefficient (Wildman–Crippen LogP) is 4.55. The summed E-state index contributed by atoms with van der Waals surface area (Å²) < 4.78 is 37.6. The van der Waals surface area contributed by atoms with Crippen molar-refractivity contribution in [2.75, 3.05) is 4.90 Å². The van der Waals surface area contributed by atoms with E-state index in [9.17, 15) is 28.5 Å². The minimum atomic E-state index is -1.55. The van der Waals surface area contributed by atoms with Gasteiger partial charge < -0.3 is 9.47 Å². The van der Waals surface area contributed by atoms with Crippen molar-refractivity contribution >= 4 is 23.6 Å². The van der Waals surface area contributed by atoms with E-state index in [1.807, 2.05) is 0 Å². The zero-order valence-electron chi connectivity index (χ0n) is 15.3. The summed E-state index contributed by atoms with van der Waals surface area (Å²) in [6.07, 6.45) is -2.75. The van der Waals surface area contributed by atoms with Crippen molar-refractivity contribution in [1.82, 2.24) is 0 Å². The van der Waals surface area contributed by atoms with Crippen LogP contribution < -0.4 is 4.90 Å². The van der Waals surface area contributed by atoms with Crippen LogP contribution in [0.2, 0.25) is 0 Å². The number of carbonyl (C=O) groups excluding carboxylic acids is 2. The quantitative estimate of drug-likeness (QED) is 0.556. The first-order valence-corrected chi connectivity index (χ1v) is 7.52. The van der Waals surface area contributed by atoms with E-state index >= 15 is 0 Å². The van der Waals surface area contributed by atoms with Crippen LogP contribution in [-0.2, 0) is 9.47 Å². The lowest BCUT2D eigenvalue weighted by Gasteiger charge is -2.28. The highest BCUT2D eigenvalue weighted by molar-refractivity contribution is 6.11. The van der Waals surface area contributed by atoms with Crippen LogP contribution in [0.4, 0.5) is 29.7 Å². The van der Waals surface area contributed by atoms with Gasteiger partial charge in [-0.2, -0.15) is 9.29 Å². The monoisotopic (exact) mass is 374 g/mol. The second-order valence-electron chi connectivity index (χ2n) is 7.31. The van der Waals surface area contributed by atoms with Crippen LogP contribution in [0.1, 0.15) is 41.5 Å². The molecule has 1 rings (SSSR count). The Labute approximate surface area is 148 Å². The highest BCUT2D eigenvalue weighted by Gasteiger charge is 2.38. The van der Waals surface area contributed by atoms with Crippen molar-refractivity contribution in [3.63, 3.8) is 0 Å². The molecule has 0 N–H and O–H groups in total. The second kappa shape index (κ2) is 7.22. The van der Waals surface area contributed by atoms with Crippen LogP contribution in [0.15, 0.2) is 12.1 Å². The molecule has 0 aliphatic carbocycles. The molecule has 8 nitrogen and oxygen atoms in total. The molecule has 0 saturated heterocycles. The summed E-state index contributed by atoms with van der Waals surface area (Å²) in [6.45, 7) is 8.91. The Bertz CT molecular complexity index is 709. The molecule has 0 atom stereocenters. The number of nitrogens with zero attached hydrogens (tertiary/aromatic N) is 2. The van der Waals surface area contributed by atoms with E-state index in [1.54, 1.807) is 0 Å². The molecule has 0 aliphatic rings. The van der Waals surface area contributed by atoms with Gasteiger partial charge in [0.2, 0.25) is 5.82 Å². The maximum atomic E-state index is 13.9. The van der Waals surface area contributed by atoms with Gasteiger partial charge in [-0.3, -0.25) is 10.1 Å². The van der Waals surface area contributed by atoms with E-state index in [2.05, 4.69) is 0 Å². The van der Waals surface area contributed by atoms with Gasteiger partial charge in [0.25, 0.3) is 0 Å². The van der Waals surface area contributed by atoms with E-state index in [1.165, 1.54) is 41.5 Å². The van der Waals surface area contributed by atoms with Crippen LogP contribution in [0.3, 0.4) is 0 Å². The third-order valence-electron chi connectivity index (χ3n) is 2.58. The van der Waals surface area contributed by atoms with Crippen LogP contribution in [0.25, 0.3) is 0 Å². The van der Waals surface area contributed by atoms with Gasteiger partial charge >= 0.3 is 17.9 Å². The maximum absolute atomic E-state index is 13.9. The van der Waals surface area contributed by atoms with Crippen molar-refractivity contribution in [2.45, 2.75) is 52.7 Å². The summed E-state index contributed by atoms with van der Waals surface area (Å²) in [6, 6.07) is 0.749. The Balaban J connectivity index is 3.58. The van der Waals surface area contributed by atoms with E-state index in [0.717, 1.165) is 0 Å². The number of benzene rings is 1. The fraction of sp³-hybridized carbons (Fsp3) is 0.500. The van der Waals surface area contributed by atoms with Gasteiger partial charge in [-0.05, 0) is 41.5 Å². The van der Waals surface area contributed by atoms with E-state index in [4.69, 9.17) is 9.47 Å². The SMILES string of the molecule is CC(C)(C)OC(=O)N(C(=O)OC(C)(C)C)c1cc(F)cc(F)c1[N+](=O)[O-]. The summed E-state index contributed by atoms with van der Waals surface area (Å²) in [5.74, 6) is -2.78. The predicted molar refractivity (Wildman–Crippen MR) is 88.0 cm³/mol. The summed E-state index contributed by atoms with van der Waals surface area (Å²) in [7, 11) is 0. The molecule has 26 heavy (non-hydrogen) atoms. The van der Waals surface area contributed by atoms with E-state index in [0.29, 0.717) is 6.07 Å². The van der Waals surface area contributed by atoms with Crippen molar-refractivity contribution in [3.05, 3.63) is 33.9 Å². The molecule has 0 fully saturated rings. The molecule has 0 spiro atoms. The molecule has 0 aliphatic heterocycles. The van der Waals surface area contributed by atoms with Crippen molar-refractivity contribution in [1.29, 1.82) is 0 Å². The highest BCUT2D eigenvalue weighted by atomic mass is 19.1. The zero-order valence-corrected chi connectivity index (χ0v) is 15.3. The lowest BCUT2D eigenvalue weighted by molar-refractivity contribution is -0.386. The van der Waals surface area contributed by atoms with Crippen molar-refractivity contribution in [3.8, 4) is 0 Å². The number of amides is 2. The van der Waals surface area contributed by atoms with Gasteiger partial charge in [0.15, 0.2) is 0 Å². The first kappa shape index (κ1) is 21.3. The fourth-order valence-corrected chi connectivity index (χ4v) is 1.79. The largest absolute Gasteiger partial charge is 0.443 e. The molecule has 0 saturated carbocycles. The number of imide groups is 1. The topological polar surface area (TPSA) is 99.0 Å². The molecule has 10 heteroatoms. The lowest BCUT2D eigenvalue weighted by Crippen LogP contribution is -2.44. The minimum absolute atomic E-state index is 0.0980. The average molecular weight is 374 g/mol. The number of hydrogen-bond donors (Lipinski definition) is 0. The fourth-order valence-electron chi connectivity index (χ4n) is 1.79. The van der Waals surface area contributed by atoms with Gasteiger partial charge in [0, 0.05) is 12.1 Å². The highest BCUT2D eigenvalue weighted by Crippen LogP contribution is 2.34. The first-order valence-electron chi connectivity index (χ1n) is 7.52. The van der Waals surface area contributed by atoms with Crippen molar-refractivity contribution < 1.29 is 32.8 Å². The lowest BCUT2D eigenvalue weighted by atomic mass is 10.2. The molecule has 0 radical (unpaired) electrons. The normalized spacial score (nSPS) is 11.7. The first-order chi connectivity index (χ1) is 11.6. The Kier molecular flexibility index (Phi) is 5.91. The Hall–Kier alpha value is -2.78. The molecular weight excluding hydrogens is 354 g/mol. The van der Waals surface area contributed by atoms with E-state index in [-0.39, 0.29) is 11.0 Å². The Morgan fingerprint density at radius 1 is 1.00 bits per heavy atom. The number of nitro benzene ring substituents is 1. The van der Waals surface area contributed by atoms with Crippen molar-refractivity contribution in [2.24, 2.45) is 0 Å². The van der Waals surface area contributed by atoms with Gasteiger partial charge in [0.05, 0.1) is 4.92 Å². The zero-order chi connectivity index (χ0) is 20.4. The van der Waals surface area contributed by atoms with Crippen LogP contribution >= 0.6 is 0 Å². The van der Waals surface area contributed by atoms with Gasteiger partial charge in [-0.1, -0.05) is 0 Å². The molecule has 0 aromatic heterocycles. The molecule has 0 bridgehead atoms. The third kappa shape index (κ3) is 5.64. The molecule has 144 valence electrons. The third-order valence-corrected chi connectivity index (χ3v) is 2.58. The number of ether oxygens (including phenoxy) is 2. The average Bonchev–Trinajstić information content (AvgIpc) is 2.32. The smallest absolute Gasteiger partial charge is 0.424 e. The standard InChI is InChI=1S/C16H20F2N2O6/c1-15(2,3)25-13(21)19(14(22)26-16(4,5)6)11-8-9(17)7-10(18)12(11)20(23)24/h7-8H,1-6H3. The maximum Gasteiger partial charge on any atom is 0.424 e. The summed E-state index contributed by atoms with van der Waals surface area (Å²) in [5.41, 5.74) is -4.37. The second-order valence-corrected chi connectivity index (χ2v) is 7.31. The summed E-state index contributed by atoms with van der Waals surface area (Å²) >= 11 is 0. The number of hydrogen-bond acceptors (Lipinski definition) is 6. The summed E-state index contributed by atoms with van der Waals surface area (Å²) in [4.78, 5) is 34.9. The molecule has 1 aromatic rings. The number of halogens is 2. The van der Waals surface area contributed by atoms with Crippen LogP contribution in [-0.4, -0.2) is 28.3 Å². The minimum Gasteiger partial charge on any atom is -0.443 e. The van der Waals surface area contributed by atoms with Gasteiger partial charge in [0.1, 0.15) is 22.7 Å². The molecule has 2 amide bonds. The summed E-state index contributed by atoms with van der Waals surface area (Å²) in [5, 5.41) is 11.2. The Morgan fingerprint density at radius 3 is 1.77 bits per heavy atom. The number of carbonyl (C=O) groups is 2. The van der Waals surface area contributed by atoms with Gasteiger partial charge in [-0.15, -0.1) is 0 Å². The van der Waals surface area contributed by atoms with Crippen LogP contribution in [0.5, 0.6) is 0 Å². The molecular formula is C16H20F2N2O6. The number of rotatable bonds is 2. The van der Waals surface area contributed by atoms with Crippen LogP contribution in [0, 0.1) is 21.7 Å². The van der Waals surface area contributed by atoms with E-state index < -0.39 is 51.3 Å². The number of anilines is 1. The Morgan fingerprint density at radius 2 is 1.42 bits per heavy atom. The molecule has 0 unspecified atom stereocenters. The van der Waals surface area contributed by atoms with Gasteiger partial charge in [-0.25, -0.2) is 14.0 Å². The molecule has 1 aromatic carbocycles.